The van der Waals surface area contributed by atoms with Crippen molar-refractivity contribution in [2.24, 2.45) is 5.92 Å². The Labute approximate surface area is 263 Å². The van der Waals surface area contributed by atoms with Crippen molar-refractivity contribution in [2.45, 2.75) is 76.1 Å². The molecule has 0 radical (unpaired) electrons. The highest BCUT2D eigenvalue weighted by Crippen LogP contribution is 2.33. The van der Waals surface area contributed by atoms with Crippen LogP contribution in [-0.2, 0) is 12.0 Å². The van der Waals surface area contributed by atoms with E-state index in [1.54, 1.807) is 0 Å². The maximum atomic E-state index is 13.1. The summed E-state index contributed by atoms with van der Waals surface area (Å²) in [6.07, 6.45) is 6.26. The Kier molecular flexibility index (Phi) is 10.9. The molecule has 0 spiro atoms. The van der Waals surface area contributed by atoms with Crippen molar-refractivity contribution in [3.8, 4) is 0 Å². The van der Waals surface area contributed by atoms with E-state index in [1.807, 2.05) is 67.6 Å². The molecule has 4 N–H and O–H groups in total. The van der Waals surface area contributed by atoms with E-state index in [1.165, 1.54) is 16.7 Å². The Morgan fingerprint density at radius 1 is 0.795 bits per heavy atom. The van der Waals surface area contributed by atoms with Crippen molar-refractivity contribution in [3.63, 3.8) is 0 Å². The van der Waals surface area contributed by atoms with E-state index in [0.717, 1.165) is 56.2 Å². The molecule has 1 aliphatic carbocycles. The maximum absolute atomic E-state index is 13.1. The van der Waals surface area contributed by atoms with Crippen molar-refractivity contribution in [1.82, 2.24) is 16.0 Å². The van der Waals surface area contributed by atoms with Crippen LogP contribution in [0, 0.1) is 12.8 Å². The zero-order chi connectivity index (χ0) is 30.8. The van der Waals surface area contributed by atoms with Crippen LogP contribution in [-0.4, -0.2) is 29.8 Å². The van der Waals surface area contributed by atoms with Crippen LogP contribution in [0.15, 0.2) is 115 Å². The Morgan fingerprint density at radius 2 is 1.34 bits per heavy atom. The zero-order valence-corrected chi connectivity index (χ0v) is 26.1. The summed E-state index contributed by atoms with van der Waals surface area (Å²) < 4.78 is 0. The summed E-state index contributed by atoms with van der Waals surface area (Å²) in [5.74, 6) is 0.652. The molecule has 5 rings (SSSR count). The molecule has 0 aliphatic heterocycles. The number of aryl methyl sites for hydroxylation is 1. The maximum Gasteiger partial charge on any atom is 0.315 e. The molecule has 0 aromatic heterocycles. The summed E-state index contributed by atoms with van der Waals surface area (Å²) in [4.78, 5) is 13.1. The average molecular weight is 590 g/mol. The Balaban J connectivity index is 1.10. The first kappa shape index (κ1) is 31.5. The first-order valence-electron chi connectivity index (χ1n) is 16.2. The van der Waals surface area contributed by atoms with Gasteiger partial charge in [-0.05, 0) is 87.1 Å². The van der Waals surface area contributed by atoms with Gasteiger partial charge >= 0.3 is 6.03 Å². The fourth-order valence-electron chi connectivity index (χ4n) is 6.59. The first-order valence-corrected chi connectivity index (χ1v) is 16.2. The number of carbonyl (C=O) groups is 1. The van der Waals surface area contributed by atoms with Gasteiger partial charge < -0.3 is 21.1 Å². The fourth-order valence-corrected chi connectivity index (χ4v) is 6.59. The second-order valence-electron chi connectivity index (χ2n) is 12.5. The molecule has 4 aromatic rings. The predicted molar refractivity (Wildman–Crippen MR) is 179 cm³/mol. The van der Waals surface area contributed by atoms with E-state index < -0.39 is 11.6 Å². The van der Waals surface area contributed by atoms with E-state index in [4.69, 9.17) is 0 Å². The van der Waals surface area contributed by atoms with Crippen LogP contribution >= 0.6 is 0 Å². The van der Waals surface area contributed by atoms with E-state index in [2.05, 4.69) is 77.5 Å². The molecule has 2 amide bonds. The normalized spacial score (nSPS) is 18.2. The van der Waals surface area contributed by atoms with Crippen molar-refractivity contribution in [1.29, 1.82) is 0 Å². The number of amides is 2. The van der Waals surface area contributed by atoms with Gasteiger partial charge in [-0.15, -0.1) is 0 Å². The van der Waals surface area contributed by atoms with Crippen molar-refractivity contribution < 1.29 is 9.90 Å². The van der Waals surface area contributed by atoms with Gasteiger partial charge in [0, 0.05) is 12.1 Å². The molecular weight excluding hydrogens is 542 g/mol. The largest absolute Gasteiger partial charge is 0.378 e. The third kappa shape index (κ3) is 8.16. The Hall–Kier alpha value is -3.93. The molecule has 0 bridgehead atoms. The lowest BCUT2D eigenvalue weighted by molar-refractivity contribution is 0.0470. The molecule has 5 heteroatoms. The number of hydrogen-bond donors (Lipinski definition) is 4. The summed E-state index contributed by atoms with van der Waals surface area (Å²) in [5.41, 5.74) is 4.12. The smallest absolute Gasteiger partial charge is 0.315 e. The van der Waals surface area contributed by atoms with Crippen molar-refractivity contribution in [2.75, 3.05) is 6.54 Å². The van der Waals surface area contributed by atoms with Gasteiger partial charge in [0.2, 0.25) is 0 Å². The number of urea groups is 1. The average Bonchev–Trinajstić information content (AvgIpc) is 3.06. The second-order valence-corrected chi connectivity index (χ2v) is 12.5. The van der Waals surface area contributed by atoms with Crippen LogP contribution in [0.5, 0.6) is 0 Å². The minimum absolute atomic E-state index is 0.145. The molecule has 5 nitrogen and oxygen atoms in total. The minimum Gasteiger partial charge on any atom is -0.378 e. The lowest BCUT2D eigenvalue weighted by Gasteiger charge is -2.36. The highest BCUT2D eigenvalue weighted by molar-refractivity contribution is 5.75. The van der Waals surface area contributed by atoms with E-state index in [9.17, 15) is 9.90 Å². The van der Waals surface area contributed by atoms with Crippen molar-refractivity contribution >= 4 is 6.03 Å². The summed E-state index contributed by atoms with van der Waals surface area (Å²) in [7, 11) is 0. The molecule has 44 heavy (non-hydrogen) atoms. The van der Waals surface area contributed by atoms with E-state index in [-0.39, 0.29) is 18.1 Å². The molecule has 0 unspecified atom stereocenters. The van der Waals surface area contributed by atoms with Gasteiger partial charge in [0.25, 0.3) is 0 Å². The number of aliphatic hydroxyl groups is 1. The van der Waals surface area contributed by atoms with Crippen LogP contribution in [0.25, 0.3) is 0 Å². The Bertz CT molecular complexity index is 1380. The predicted octanol–water partition coefficient (Wildman–Crippen LogP) is 7.44. The van der Waals surface area contributed by atoms with Gasteiger partial charge in [0.15, 0.2) is 0 Å². The molecule has 0 heterocycles. The van der Waals surface area contributed by atoms with Gasteiger partial charge in [0.1, 0.15) is 5.60 Å². The minimum atomic E-state index is -1.35. The number of hydrogen-bond acceptors (Lipinski definition) is 3. The highest BCUT2D eigenvalue weighted by atomic mass is 16.3. The molecule has 230 valence electrons. The lowest BCUT2D eigenvalue weighted by atomic mass is 9.81. The van der Waals surface area contributed by atoms with Crippen LogP contribution in [0.3, 0.4) is 0 Å². The fraction of sp³-hybridized carbons (Fsp3) is 0.359. The molecule has 2 atom stereocenters. The third-order valence-corrected chi connectivity index (χ3v) is 9.29. The topological polar surface area (TPSA) is 73.4 Å². The molecule has 1 fully saturated rings. The highest BCUT2D eigenvalue weighted by Gasteiger charge is 2.38. The van der Waals surface area contributed by atoms with Crippen molar-refractivity contribution in [3.05, 3.63) is 143 Å². The standard InChI is InChI=1S/C39H47N3O2/c1-29-18-20-32(21-19-29)28-37(33-12-6-3-7-13-33)40-27-26-31-22-24-36(25-23-31)42-38(43)41-30(2)39(44,34-14-8-4-9-15-34)35-16-10-5-11-17-35/h3-21,30-31,36-37,40,44H,22-28H2,1-2H3,(H2,41,42,43)/t30-,31?,36?,37+/m1/s1. The van der Waals surface area contributed by atoms with Crippen LogP contribution in [0.2, 0.25) is 0 Å². The van der Waals surface area contributed by atoms with Crippen LogP contribution < -0.4 is 16.0 Å². The van der Waals surface area contributed by atoms with Crippen LogP contribution in [0.4, 0.5) is 4.79 Å². The molecule has 4 aromatic carbocycles. The van der Waals surface area contributed by atoms with E-state index >= 15 is 0 Å². The number of rotatable bonds is 12. The molecule has 0 saturated heterocycles. The van der Waals surface area contributed by atoms with Gasteiger partial charge in [-0.1, -0.05) is 121 Å². The number of nitrogens with one attached hydrogen (secondary N) is 3. The molecule has 1 aliphatic rings. The number of carbonyl (C=O) groups excluding carboxylic acids is 1. The second kappa shape index (κ2) is 15.2. The molecular formula is C39H47N3O2. The third-order valence-electron chi connectivity index (χ3n) is 9.29. The summed E-state index contributed by atoms with van der Waals surface area (Å²) in [5, 5.41) is 22.0. The van der Waals surface area contributed by atoms with Gasteiger partial charge in [-0.2, -0.15) is 0 Å². The summed E-state index contributed by atoms with van der Waals surface area (Å²) in [6, 6.07) is 38.4. The van der Waals surface area contributed by atoms with Gasteiger partial charge in [0.05, 0.1) is 6.04 Å². The zero-order valence-electron chi connectivity index (χ0n) is 26.1. The van der Waals surface area contributed by atoms with Crippen LogP contribution in [0.1, 0.15) is 72.9 Å². The first-order chi connectivity index (χ1) is 21.4. The monoisotopic (exact) mass is 589 g/mol. The van der Waals surface area contributed by atoms with Gasteiger partial charge in [-0.25, -0.2) is 4.79 Å². The molecule has 1 saturated carbocycles. The SMILES string of the molecule is Cc1ccc(C[C@H](NCCC2CCC(NC(=O)N[C@H](C)C(O)(c3ccccc3)c3ccccc3)CC2)c2ccccc2)cc1. The lowest BCUT2D eigenvalue weighted by Crippen LogP contribution is -2.54. The van der Waals surface area contributed by atoms with E-state index in [0.29, 0.717) is 5.92 Å². The summed E-state index contributed by atoms with van der Waals surface area (Å²) >= 11 is 0. The van der Waals surface area contributed by atoms with Gasteiger partial charge in [-0.3, -0.25) is 0 Å². The quantitative estimate of drug-likeness (QED) is 0.139. The summed E-state index contributed by atoms with van der Waals surface area (Å²) in [6.45, 7) is 4.97. The number of benzene rings is 4. The Morgan fingerprint density at radius 3 is 1.91 bits per heavy atom.